The predicted molar refractivity (Wildman–Crippen MR) is 75.6 cm³/mol. The van der Waals surface area contributed by atoms with Gasteiger partial charge < -0.3 is 4.74 Å². The summed E-state index contributed by atoms with van der Waals surface area (Å²) in [5.41, 5.74) is 1.94. The molecule has 94 valence electrons. The Morgan fingerprint density at radius 2 is 1.84 bits per heavy atom. The summed E-state index contributed by atoms with van der Waals surface area (Å²) < 4.78 is 5.21. The first kappa shape index (κ1) is 13.2. The topological polar surface area (TPSA) is 26.3 Å². The van der Waals surface area contributed by atoms with Crippen LogP contribution < -0.4 is 4.74 Å². The van der Waals surface area contributed by atoms with E-state index in [1.54, 1.807) is 25.3 Å². The number of halogens is 1. The van der Waals surface area contributed by atoms with Crippen molar-refractivity contribution < 1.29 is 9.53 Å². The highest BCUT2D eigenvalue weighted by atomic mass is 35.5. The highest BCUT2D eigenvalue weighted by molar-refractivity contribution is 6.67. The van der Waals surface area contributed by atoms with Gasteiger partial charge >= 0.3 is 0 Å². The molecule has 3 heteroatoms. The van der Waals surface area contributed by atoms with E-state index >= 15 is 0 Å². The number of rotatable bonds is 2. The van der Waals surface area contributed by atoms with Crippen molar-refractivity contribution in [2.45, 2.75) is 0 Å². The van der Waals surface area contributed by atoms with Gasteiger partial charge in [0.1, 0.15) is 5.75 Å². The molecule has 0 aliphatic rings. The van der Waals surface area contributed by atoms with Crippen LogP contribution in [0.15, 0.2) is 48.5 Å². The van der Waals surface area contributed by atoms with Gasteiger partial charge in [-0.2, -0.15) is 0 Å². The maximum absolute atomic E-state index is 11.1. The van der Waals surface area contributed by atoms with Gasteiger partial charge in [0.05, 0.1) is 12.7 Å². The molecule has 2 nitrogen and oxygen atoms in total. The molecule has 0 spiro atoms. The smallest absolute Gasteiger partial charge is 0.252 e. The third kappa shape index (κ3) is 3.37. The van der Waals surface area contributed by atoms with Crippen molar-refractivity contribution >= 4 is 16.8 Å². The van der Waals surface area contributed by atoms with E-state index in [-0.39, 0.29) is 0 Å². The van der Waals surface area contributed by atoms with Crippen LogP contribution in [0.4, 0.5) is 0 Å². The molecule has 2 aromatic rings. The first-order valence-electron chi connectivity index (χ1n) is 5.65. The number of carbonyl (C=O) groups is 1. The Labute approximate surface area is 117 Å². The van der Waals surface area contributed by atoms with E-state index in [1.807, 2.05) is 30.3 Å². The minimum Gasteiger partial charge on any atom is -0.495 e. The molecule has 2 aromatic carbocycles. The van der Waals surface area contributed by atoms with Crippen LogP contribution >= 0.6 is 11.6 Å². The highest BCUT2D eigenvalue weighted by Crippen LogP contribution is 2.20. The van der Waals surface area contributed by atoms with Crippen LogP contribution in [0.25, 0.3) is 0 Å². The second-order valence-corrected chi connectivity index (χ2v) is 4.15. The number of benzene rings is 2. The highest BCUT2D eigenvalue weighted by Gasteiger charge is 2.06. The van der Waals surface area contributed by atoms with Crippen molar-refractivity contribution in [1.82, 2.24) is 0 Å². The van der Waals surface area contributed by atoms with Crippen molar-refractivity contribution in [3.8, 4) is 17.6 Å². The number of hydrogen-bond donors (Lipinski definition) is 0. The lowest BCUT2D eigenvalue weighted by Crippen LogP contribution is -1.93. The molecule has 0 fully saturated rings. The normalized spacial score (nSPS) is 9.37. The minimum atomic E-state index is -0.509. The lowest BCUT2D eigenvalue weighted by atomic mass is 10.1. The van der Waals surface area contributed by atoms with E-state index in [9.17, 15) is 4.79 Å². The van der Waals surface area contributed by atoms with Crippen molar-refractivity contribution in [2.75, 3.05) is 7.11 Å². The molecule has 2 rings (SSSR count). The lowest BCUT2D eigenvalue weighted by molar-refractivity contribution is 0.108. The molecule has 0 radical (unpaired) electrons. The Morgan fingerprint density at radius 3 is 2.47 bits per heavy atom. The third-order valence-electron chi connectivity index (χ3n) is 2.54. The molecule has 0 aliphatic carbocycles. The van der Waals surface area contributed by atoms with E-state index in [0.717, 1.165) is 5.56 Å². The van der Waals surface area contributed by atoms with Crippen molar-refractivity contribution in [3.05, 3.63) is 65.2 Å². The zero-order valence-corrected chi connectivity index (χ0v) is 11.1. The Hall–Kier alpha value is -2.24. The molecule has 0 unspecified atom stereocenters. The third-order valence-corrected chi connectivity index (χ3v) is 2.76. The maximum Gasteiger partial charge on any atom is 0.252 e. The van der Waals surface area contributed by atoms with Gasteiger partial charge in [-0.05, 0) is 41.9 Å². The van der Waals surface area contributed by atoms with Gasteiger partial charge in [-0.25, -0.2) is 0 Å². The van der Waals surface area contributed by atoms with Gasteiger partial charge in [0, 0.05) is 11.1 Å². The fraction of sp³-hybridized carbons (Fsp3) is 0.0625. The quantitative estimate of drug-likeness (QED) is 0.617. The van der Waals surface area contributed by atoms with Crippen LogP contribution in [-0.4, -0.2) is 12.4 Å². The largest absolute Gasteiger partial charge is 0.495 e. The summed E-state index contributed by atoms with van der Waals surface area (Å²) in [6.07, 6.45) is 0. The maximum atomic E-state index is 11.1. The van der Waals surface area contributed by atoms with E-state index in [2.05, 4.69) is 11.8 Å². The zero-order valence-electron chi connectivity index (χ0n) is 10.3. The van der Waals surface area contributed by atoms with Crippen LogP contribution in [0.5, 0.6) is 5.75 Å². The van der Waals surface area contributed by atoms with Gasteiger partial charge in [0.15, 0.2) is 0 Å². The van der Waals surface area contributed by atoms with Crippen LogP contribution in [0.3, 0.4) is 0 Å². The average Bonchev–Trinajstić information content (AvgIpc) is 2.45. The molecule has 19 heavy (non-hydrogen) atoms. The predicted octanol–water partition coefficient (Wildman–Crippen LogP) is 3.47. The minimum absolute atomic E-state index is 0.403. The Kier molecular flexibility index (Phi) is 4.22. The fourth-order valence-corrected chi connectivity index (χ4v) is 1.71. The van der Waals surface area contributed by atoms with E-state index in [0.29, 0.717) is 16.9 Å². The summed E-state index contributed by atoms with van der Waals surface area (Å²) in [5.74, 6) is 6.62. The van der Waals surface area contributed by atoms with Gasteiger partial charge in [0.2, 0.25) is 0 Å². The Morgan fingerprint density at radius 1 is 1.11 bits per heavy atom. The van der Waals surface area contributed by atoms with E-state index in [1.165, 1.54) is 0 Å². The summed E-state index contributed by atoms with van der Waals surface area (Å²) in [6.45, 7) is 0. The molecule has 0 saturated carbocycles. The molecule has 0 N–H and O–H groups in total. The molecule has 0 saturated heterocycles. The second-order valence-electron chi connectivity index (χ2n) is 3.80. The first-order valence-corrected chi connectivity index (χ1v) is 6.03. The zero-order chi connectivity index (χ0) is 13.7. The van der Waals surface area contributed by atoms with Crippen molar-refractivity contribution in [3.63, 3.8) is 0 Å². The summed E-state index contributed by atoms with van der Waals surface area (Å²) >= 11 is 5.46. The van der Waals surface area contributed by atoms with Gasteiger partial charge in [-0.15, -0.1) is 0 Å². The number of ether oxygens (including phenoxy) is 1. The molecule has 0 heterocycles. The number of carbonyl (C=O) groups excluding carboxylic acids is 1. The van der Waals surface area contributed by atoms with Crippen LogP contribution in [0.2, 0.25) is 0 Å². The average molecular weight is 271 g/mol. The SMILES string of the molecule is COc1ccc(C(=O)Cl)cc1C#Cc1ccccc1. The van der Waals surface area contributed by atoms with Crippen molar-refractivity contribution in [1.29, 1.82) is 0 Å². The van der Waals surface area contributed by atoms with Gasteiger partial charge in [-0.1, -0.05) is 30.0 Å². The lowest BCUT2D eigenvalue weighted by Gasteiger charge is -2.03. The van der Waals surface area contributed by atoms with Crippen LogP contribution in [-0.2, 0) is 0 Å². The van der Waals surface area contributed by atoms with Gasteiger partial charge in [-0.3, -0.25) is 4.79 Å². The molecule has 0 amide bonds. The first-order chi connectivity index (χ1) is 9.20. The molecule has 0 aliphatic heterocycles. The van der Waals surface area contributed by atoms with Crippen LogP contribution in [0.1, 0.15) is 21.5 Å². The monoisotopic (exact) mass is 270 g/mol. The number of hydrogen-bond acceptors (Lipinski definition) is 2. The molecule has 0 bridgehead atoms. The molecule has 0 aromatic heterocycles. The molecular formula is C16H11ClO2. The summed E-state index contributed by atoms with van der Waals surface area (Å²) in [5, 5.41) is -0.509. The number of methoxy groups -OCH3 is 1. The van der Waals surface area contributed by atoms with Crippen molar-refractivity contribution in [2.24, 2.45) is 0 Å². The molecule has 0 atom stereocenters. The molecular weight excluding hydrogens is 260 g/mol. The van der Waals surface area contributed by atoms with E-state index in [4.69, 9.17) is 16.3 Å². The summed E-state index contributed by atoms with van der Waals surface area (Å²) in [4.78, 5) is 11.1. The standard InChI is InChI=1S/C16H11ClO2/c1-19-15-10-9-14(16(17)18)11-13(15)8-7-12-5-3-2-4-6-12/h2-6,9-11H,1H3. The second kappa shape index (κ2) is 6.08. The summed E-state index contributed by atoms with van der Waals surface area (Å²) in [7, 11) is 1.56. The van der Waals surface area contributed by atoms with Crippen LogP contribution in [0, 0.1) is 11.8 Å². The summed E-state index contributed by atoms with van der Waals surface area (Å²) in [6, 6.07) is 14.5. The van der Waals surface area contributed by atoms with Gasteiger partial charge in [0.25, 0.3) is 5.24 Å². The fourth-order valence-electron chi connectivity index (χ4n) is 1.59. The Balaban J connectivity index is 2.41. The van der Waals surface area contributed by atoms with E-state index < -0.39 is 5.24 Å². The Bertz CT molecular complexity index is 651.